The smallest absolute Gasteiger partial charge is 0.274 e. The summed E-state index contributed by atoms with van der Waals surface area (Å²) in [4.78, 5) is 15.1. The van der Waals surface area contributed by atoms with Crippen molar-refractivity contribution >= 4 is 40.2 Å². The van der Waals surface area contributed by atoms with Crippen LogP contribution in [0.25, 0.3) is 5.69 Å². The van der Waals surface area contributed by atoms with Gasteiger partial charge in [0.25, 0.3) is 5.69 Å². The number of aliphatic imine (C=N–C) groups is 1. The molecule has 1 heterocycles. The molecule has 0 aliphatic carbocycles. The zero-order valence-electron chi connectivity index (χ0n) is 14.7. The second-order valence-corrected chi connectivity index (χ2v) is 7.37. The van der Waals surface area contributed by atoms with E-state index in [1.165, 1.54) is 9.64 Å². The Bertz CT molecular complexity index is 1000. The number of nitro groups is 1. The van der Waals surface area contributed by atoms with Gasteiger partial charge in [-0.3, -0.25) is 15.1 Å². The van der Waals surface area contributed by atoms with Gasteiger partial charge in [-0.05, 0) is 79.8 Å². The molecule has 0 aliphatic rings. The van der Waals surface area contributed by atoms with Gasteiger partial charge in [-0.25, -0.2) is 0 Å². The summed E-state index contributed by atoms with van der Waals surface area (Å²) in [7, 11) is 0. The number of aryl methyl sites for hydroxylation is 2. The van der Waals surface area contributed by atoms with Crippen LogP contribution in [-0.4, -0.2) is 15.7 Å². The molecule has 1 aromatic heterocycles. The maximum absolute atomic E-state index is 11.1. The van der Waals surface area contributed by atoms with E-state index in [0.717, 1.165) is 22.6 Å². The molecule has 26 heavy (non-hydrogen) atoms. The summed E-state index contributed by atoms with van der Waals surface area (Å²) >= 11 is 2.29. The molecular formula is C20H18IN3O2. The number of benzene rings is 2. The van der Waals surface area contributed by atoms with Crippen molar-refractivity contribution in [1.82, 2.24) is 4.57 Å². The molecule has 132 valence electrons. The molecular weight excluding hydrogens is 441 g/mol. The van der Waals surface area contributed by atoms with Crippen molar-refractivity contribution in [2.24, 2.45) is 4.99 Å². The van der Waals surface area contributed by atoms with Crippen LogP contribution < -0.4 is 0 Å². The molecule has 0 fully saturated rings. The molecule has 3 rings (SSSR count). The highest BCUT2D eigenvalue weighted by molar-refractivity contribution is 14.1. The Hall–Kier alpha value is -2.48. The predicted molar refractivity (Wildman–Crippen MR) is 113 cm³/mol. The Kier molecular flexibility index (Phi) is 5.22. The molecule has 6 heteroatoms. The van der Waals surface area contributed by atoms with Gasteiger partial charge in [-0.15, -0.1) is 0 Å². The Balaban J connectivity index is 1.95. The minimum Gasteiger partial charge on any atom is -0.318 e. The summed E-state index contributed by atoms with van der Waals surface area (Å²) in [6.07, 6.45) is 1.76. The first kappa shape index (κ1) is 18.3. The number of hydrogen-bond donors (Lipinski definition) is 0. The Morgan fingerprint density at radius 3 is 2.42 bits per heavy atom. The number of nitrogens with zero attached hydrogens (tertiary/aromatic N) is 3. The molecule has 0 radical (unpaired) electrons. The van der Waals surface area contributed by atoms with Crippen LogP contribution in [0, 0.1) is 34.5 Å². The first-order chi connectivity index (χ1) is 12.4. The van der Waals surface area contributed by atoms with Crippen molar-refractivity contribution in [3.63, 3.8) is 0 Å². The zero-order valence-corrected chi connectivity index (χ0v) is 16.9. The summed E-state index contributed by atoms with van der Waals surface area (Å²) in [6, 6.07) is 15.4. The molecule has 0 aliphatic heterocycles. The number of halogens is 1. The molecule has 0 atom stereocenters. The lowest BCUT2D eigenvalue weighted by atomic mass is 10.2. The van der Waals surface area contributed by atoms with Gasteiger partial charge in [0.15, 0.2) is 0 Å². The van der Waals surface area contributed by atoms with Gasteiger partial charge in [0.1, 0.15) is 0 Å². The third-order valence-corrected chi connectivity index (χ3v) is 5.02. The van der Waals surface area contributed by atoms with Crippen molar-refractivity contribution in [3.8, 4) is 5.69 Å². The number of hydrogen-bond acceptors (Lipinski definition) is 3. The lowest BCUT2D eigenvalue weighted by Gasteiger charge is -2.09. The van der Waals surface area contributed by atoms with E-state index in [9.17, 15) is 10.1 Å². The Labute approximate surface area is 165 Å². The van der Waals surface area contributed by atoms with Crippen molar-refractivity contribution in [2.75, 3.05) is 0 Å². The van der Waals surface area contributed by atoms with Gasteiger partial charge in [0.2, 0.25) is 0 Å². The normalized spacial score (nSPS) is 11.2. The van der Waals surface area contributed by atoms with Crippen LogP contribution in [0.15, 0.2) is 53.5 Å². The molecule has 2 aromatic carbocycles. The maximum Gasteiger partial charge on any atom is 0.274 e. The summed E-state index contributed by atoms with van der Waals surface area (Å²) in [5, 5.41) is 11.1. The topological polar surface area (TPSA) is 60.4 Å². The molecule has 0 saturated heterocycles. The van der Waals surface area contributed by atoms with Gasteiger partial charge in [0.05, 0.1) is 10.6 Å². The van der Waals surface area contributed by atoms with Crippen LogP contribution in [0.4, 0.5) is 11.4 Å². The summed E-state index contributed by atoms with van der Waals surface area (Å²) in [5.74, 6) is 0. The highest BCUT2D eigenvalue weighted by Gasteiger charge is 2.12. The van der Waals surface area contributed by atoms with E-state index in [-0.39, 0.29) is 10.6 Å². The van der Waals surface area contributed by atoms with Crippen LogP contribution in [0.5, 0.6) is 0 Å². The highest BCUT2D eigenvalue weighted by Crippen LogP contribution is 2.25. The average Bonchev–Trinajstić information content (AvgIpc) is 2.89. The van der Waals surface area contributed by atoms with Gasteiger partial charge < -0.3 is 4.57 Å². The van der Waals surface area contributed by atoms with E-state index in [2.05, 4.69) is 69.4 Å². The quantitative estimate of drug-likeness (QED) is 0.219. The van der Waals surface area contributed by atoms with Crippen molar-refractivity contribution in [1.29, 1.82) is 0 Å². The van der Waals surface area contributed by atoms with Crippen LogP contribution in [0.2, 0.25) is 0 Å². The first-order valence-electron chi connectivity index (χ1n) is 8.11. The maximum atomic E-state index is 11.1. The predicted octanol–water partition coefficient (Wildman–Crippen LogP) is 5.67. The van der Waals surface area contributed by atoms with Crippen LogP contribution in [0.1, 0.15) is 22.5 Å². The first-order valence-corrected chi connectivity index (χ1v) is 9.18. The Morgan fingerprint density at radius 1 is 1.08 bits per heavy atom. The van der Waals surface area contributed by atoms with E-state index < -0.39 is 0 Å². The minimum absolute atomic E-state index is 0.0870. The highest BCUT2D eigenvalue weighted by atomic mass is 127. The molecule has 0 amide bonds. The van der Waals surface area contributed by atoms with Gasteiger partial charge in [-0.1, -0.05) is 6.07 Å². The summed E-state index contributed by atoms with van der Waals surface area (Å²) in [6.45, 7) is 5.82. The number of rotatable bonds is 4. The SMILES string of the molecule is Cc1ccc(N=Cc2cc(C)n(-c3ccc(I)cc3)c2C)cc1[N+](=O)[O-]. The second-order valence-electron chi connectivity index (χ2n) is 6.12. The molecule has 0 unspecified atom stereocenters. The minimum atomic E-state index is -0.378. The van der Waals surface area contributed by atoms with Gasteiger partial charge in [-0.2, -0.15) is 0 Å². The third kappa shape index (κ3) is 3.70. The summed E-state index contributed by atoms with van der Waals surface area (Å²) < 4.78 is 3.37. The van der Waals surface area contributed by atoms with E-state index in [0.29, 0.717) is 11.3 Å². The van der Waals surface area contributed by atoms with Gasteiger partial charge >= 0.3 is 0 Å². The molecule has 0 saturated carbocycles. The lowest BCUT2D eigenvalue weighted by Crippen LogP contribution is -1.99. The third-order valence-electron chi connectivity index (χ3n) is 4.30. The monoisotopic (exact) mass is 459 g/mol. The number of nitro benzene ring substituents is 1. The Morgan fingerprint density at radius 2 is 1.77 bits per heavy atom. The molecule has 0 spiro atoms. The van der Waals surface area contributed by atoms with E-state index >= 15 is 0 Å². The van der Waals surface area contributed by atoms with Crippen molar-refractivity contribution < 1.29 is 4.92 Å². The summed E-state index contributed by atoms with van der Waals surface area (Å²) in [5.41, 5.74) is 5.57. The molecule has 0 bridgehead atoms. The van der Waals surface area contributed by atoms with Crippen molar-refractivity contribution in [2.45, 2.75) is 20.8 Å². The standard InChI is InChI=1S/C20H18IN3O2/c1-13-4-7-18(11-20(13)24(25)26)22-12-16-10-14(2)23(15(16)3)19-8-5-17(21)6-9-19/h4-12H,1-3H3. The molecule has 0 N–H and O–H groups in total. The fourth-order valence-electron chi connectivity index (χ4n) is 2.92. The number of aromatic nitrogens is 1. The molecule has 5 nitrogen and oxygen atoms in total. The van der Waals surface area contributed by atoms with E-state index in [1.54, 1.807) is 25.3 Å². The molecule has 3 aromatic rings. The van der Waals surface area contributed by atoms with Crippen LogP contribution >= 0.6 is 22.6 Å². The van der Waals surface area contributed by atoms with Crippen molar-refractivity contribution in [3.05, 3.63) is 84.7 Å². The van der Waals surface area contributed by atoms with Crippen LogP contribution in [0.3, 0.4) is 0 Å². The average molecular weight is 459 g/mol. The van der Waals surface area contributed by atoms with E-state index in [1.807, 2.05) is 6.92 Å². The fourth-order valence-corrected chi connectivity index (χ4v) is 3.28. The second kappa shape index (κ2) is 7.41. The van der Waals surface area contributed by atoms with Gasteiger partial charge in [0, 0.05) is 44.1 Å². The van der Waals surface area contributed by atoms with E-state index in [4.69, 9.17) is 0 Å². The largest absolute Gasteiger partial charge is 0.318 e. The fraction of sp³-hybridized carbons (Fsp3) is 0.150. The zero-order chi connectivity index (χ0) is 18.8. The lowest BCUT2D eigenvalue weighted by molar-refractivity contribution is -0.385. The van der Waals surface area contributed by atoms with Crippen LogP contribution in [-0.2, 0) is 0 Å².